The number of hydrogen-bond acceptors (Lipinski definition) is 7. The van der Waals surface area contributed by atoms with Gasteiger partial charge in [-0.25, -0.2) is 9.59 Å². The maximum absolute atomic E-state index is 9.10. The van der Waals surface area contributed by atoms with Gasteiger partial charge in [0.1, 0.15) is 12.3 Å². The lowest BCUT2D eigenvalue weighted by atomic mass is 10.0. The maximum atomic E-state index is 9.10. The first-order chi connectivity index (χ1) is 12.5. The summed E-state index contributed by atoms with van der Waals surface area (Å²) in [6.45, 7) is 3.68. The maximum Gasteiger partial charge on any atom is 0.414 e. The molecule has 0 saturated carbocycles. The van der Waals surface area contributed by atoms with Crippen LogP contribution in [0.1, 0.15) is 24.6 Å². The van der Waals surface area contributed by atoms with Crippen molar-refractivity contribution in [2.75, 3.05) is 6.54 Å². The SMILES string of the molecule is CC1NCCC=C1c1nsnc1OCc1ccccc1.O=C(O)C(=O)O. The Morgan fingerprint density at radius 2 is 1.92 bits per heavy atom. The number of carbonyl (C=O) groups is 2. The molecule has 0 amide bonds. The van der Waals surface area contributed by atoms with Crippen LogP contribution in [0.15, 0.2) is 36.4 Å². The van der Waals surface area contributed by atoms with Crippen LogP contribution in [-0.2, 0) is 16.2 Å². The van der Waals surface area contributed by atoms with Gasteiger partial charge in [-0.05, 0) is 31.0 Å². The van der Waals surface area contributed by atoms with Gasteiger partial charge >= 0.3 is 11.9 Å². The molecule has 9 heteroatoms. The lowest BCUT2D eigenvalue weighted by molar-refractivity contribution is -0.159. The first kappa shape index (κ1) is 19.5. The first-order valence-electron chi connectivity index (χ1n) is 7.88. The molecule has 1 aromatic carbocycles. The van der Waals surface area contributed by atoms with E-state index in [9.17, 15) is 0 Å². The predicted octanol–water partition coefficient (Wildman–Crippen LogP) is 2.04. The molecule has 138 valence electrons. The third-order valence-electron chi connectivity index (χ3n) is 3.56. The van der Waals surface area contributed by atoms with Crippen molar-refractivity contribution in [3.63, 3.8) is 0 Å². The van der Waals surface area contributed by atoms with Crippen molar-refractivity contribution in [2.24, 2.45) is 0 Å². The zero-order valence-electron chi connectivity index (χ0n) is 14.1. The van der Waals surface area contributed by atoms with Crippen LogP contribution < -0.4 is 10.1 Å². The van der Waals surface area contributed by atoms with Crippen LogP contribution in [0.4, 0.5) is 0 Å². The van der Waals surface area contributed by atoms with Crippen LogP contribution in [0.5, 0.6) is 5.88 Å². The summed E-state index contributed by atoms with van der Waals surface area (Å²) in [5.74, 6) is -3.01. The zero-order valence-corrected chi connectivity index (χ0v) is 14.9. The number of aromatic nitrogens is 2. The largest absolute Gasteiger partial charge is 0.473 e. The van der Waals surface area contributed by atoms with Crippen LogP contribution in [0.25, 0.3) is 5.57 Å². The molecule has 0 radical (unpaired) electrons. The summed E-state index contributed by atoms with van der Waals surface area (Å²) in [6, 6.07) is 10.4. The van der Waals surface area contributed by atoms with Gasteiger partial charge in [-0.2, -0.15) is 4.37 Å². The summed E-state index contributed by atoms with van der Waals surface area (Å²) in [6.07, 6.45) is 3.25. The van der Waals surface area contributed by atoms with E-state index in [1.807, 2.05) is 30.3 Å². The molecule has 0 bridgehead atoms. The molecule has 1 aliphatic rings. The normalized spacial score (nSPS) is 16.0. The van der Waals surface area contributed by atoms with E-state index >= 15 is 0 Å². The topological polar surface area (TPSA) is 122 Å². The van der Waals surface area contributed by atoms with Gasteiger partial charge in [0.05, 0.1) is 11.7 Å². The van der Waals surface area contributed by atoms with Crippen LogP contribution in [0.2, 0.25) is 0 Å². The predicted molar refractivity (Wildman–Crippen MR) is 96.0 cm³/mol. The highest BCUT2D eigenvalue weighted by atomic mass is 32.1. The van der Waals surface area contributed by atoms with E-state index in [2.05, 4.69) is 27.1 Å². The Morgan fingerprint density at radius 3 is 2.54 bits per heavy atom. The molecule has 1 aliphatic heterocycles. The van der Waals surface area contributed by atoms with Crippen molar-refractivity contribution in [2.45, 2.75) is 26.0 Å². The third-order valence-corrected chi connectivity index (χ3v) is 4.07. The van der Waals surface area contributed by atoms with E-state index in [0.29, 0.717) is 18.5 Å². The summed E-state index contributed by atoms with van der Waals surface area (Å²) in [5, 5.41) is 18.2. The average molecular weight is 377 g/mol. The van der Waals surface area contributed by atoms with E-state index < -0.39 is 11.9 Å². The molecule has 1 atom stereocenters. The number of carboxylic acid groups (broad SMARTS) is 2. The van der Waals surface area contributed by atoms with E-state index in [1.165, 1.54) is 17.3 Å². The summed E-state index contributed by atoms with van der Waals surface area (Å²) < 4.78 is 14.5. The van der Waals surface area contributed by atoms with Crippen molar-refractivity contribution in [1.82, 2.24) is 14.1 Å². The number of carboxylic acids is 2. The third kappa shape index (κ3) is 5.64. The minimum absolute atomic E-state index is 0.298. The van der Waals surface area contributed by atoms with Gasteiger partial charge in [0, 0.05) is 6.04 Å². The monoisotopic (exact) mass is 377 g/mol. The van der Waals surface area contributed by atoms with Crippen molar-refractivity contribution in [3.05, 3.63) is 47.7 Å². The number of hydrogen-bond donors (Lipinski definition) is 3. The molecule has 3 N–H and O–H groups in total. The number of ether oxygens (including phenoxy) is 1. The molecular weight excluding hydrogens is 358 g/mol. The zero-order chi connectivity index (χ0) is 18.9. The van der Waals surface area contributed by atoms with Gasteiger partial charge in [-0.1, -0.05) is 36.4 Å². The second kappa shape index (κ2) is 9.64. The van der Waals surface area contributed by atoms with E-state index in [1.54, 1.807) is 0 Å². The Balaban J connectivity index is 0.000000352. The first-order valence-corrected chi connectivity index (χ1v) is 8.61. The van der Waals surface area contributed by atoms with Crippen LogP contribution in [0, 0.1) is 0 Å². The number of rotatable bonds is 4. The number of aliphatic carboxylic acids is 2. The van der Waals surface area contributed by atoms with E-state index in [-0.39, 0.29) is 0 Å². The molecule has 8 nitrogen and oxygen atoms in total. The summed E-state index contributed by atoms with van der Waals surface area (Å²) in [4.78, 5) is 18.2. The standard InChI is InChI=1S/C15H17N3OS.C2H2O4/c1-11-13(8-5-9-16-11)14-15(18-20-17-14)19-10-12-6-3-2-4-7-12;3-1(4)2(5)6/h2-4,6-8,11,16H,5,9-10H2,1H3;(H,3,4)(H,5,6). The molecular formula is C17H19N3O5S. The van der Waals surface area contributed by atoms with Crippen LogP contribution in [-0.4, -0.2) is 43.5 Å². The fraction of sp³-hybridized carbons (Fsp3) is 0.294. The Morgan fingerprint density at radius 1 is 1.23 bits per heavy atom. The molecule has 2 heterocycles. The lowest BCUT2D eigenvalue weighted by Crippen LogP contribution is -2.31. The molecule has 3 rings (SSSR count). The number of nitrogens with zero attached hydrogens (tertiary/aromatic N) is 2. The van der Waals surface area contributed by atoms with E-state index in [4.69, 9.17) is 24.5 Å². The van der Waals surface area contributed by atoms with Crippen molar-refractivity contribution >= 4 is 29.2 Å². The summed E-state index contributed by atoms with van der Waals surface area (Å²) in [7, 11) is 0. The van der Waals surface area contributed by atoms with Crippen molar-refractivity contribution in [3.8, 4) is 5.88 Å². The highest BCUT2D eigenvalue weighted by Gasteiger charge is 2.21. The quantitative estimate of drug-likeness (QED) is 0.692. The van der Waals surface area contributed by atoms with Gasteiger partial charge in [-0.15, -0.1) is 4.37 Å². The molecule has 0 aliphatic carbocycles. The Bertz CT molecular complexity index is 764. The van der Waals surface area contributed by atoms with Gasteiger partial charge < -0.3 is 20.3 Å². The van der Waals surface area contributed by atoms with Gasteiger partial charge in [0.2, 0.25) is 0 Å². The van der Waals surface area contributed by atoms with E-state index in [0.717, 1.165) is 24.2 Å². The molecule has 26 heavy (non-hydrogen) atoms. The van der Waals surface area contributed by atoms with Crippen molar-refractivity contribution < 1.29 is 24.5 Å². The molecule has 0 fully saturated rings. The summed E-state index contributed by atoms with van der Waals surface area (Å²) in [5.41, 5.74) is 3.20. The average Bonchev–Trinajstić information content (AvgIpc) is 3.10. The molecule has 1 unspecified atom stereocenters. The Labute approximate surface area is 154 Å². The number of nitrogens with one attached hydrogen (secondary N) is 1. The van der Waals surface area contributed by atoms with Gasteiger partial charge in [0.25, 0.3) is 5.88 Å². The van der Waals surface area contributed by atoms with Crippen LogP contribution >= 0.6 is 11.7 Å². The lowest BCUT2D eigenvalue weighted by Gasteiger charge is -2.21. The molecule has 1 aromatic heterocycles. The minimum Gasteiger partial charge on any atom is -0.473 e. The Kier molecular flexibility index (Phi) is 7.24. The highest BCUT2D eigenvalue weighted by molar-refractivity contribution is 6.99. The molecule has 0 saturated heterocycles. The smallest absolute Gasteiger partial charge is 0.414 e. The van der Waals surface area contributed by atoms with Gasteiger partial charge in [-0.3, -0.25) is 0 Å². The summed E-state index contributed by atoms with van der Waals surface area (Å²) >= 11 is 1.20. The molecule has 0 spiro atoms. The Hall–Kier alpha value is -2.78. The van der Waals surface area contributed by atoms with Crippen molar-refractivity contribution in [1.29, 1.82) is 0 Å². The van der Waals surface area contributed by atoms with Crippen LogP contribution in [0.3, 0.4) is 0 Å². The van der Waals surface area contributed by atoms with Gasteiger partial charge in [0.15, 0.2) is 0 Å². The fourth-order valence-corrected chi connectivity index (χ4v) is 2.81. The second-order valence-corrected chi connectivity index (χ2v) is 5.95. The number of benzene rings is 1. The highest BCUT2D eigenvalue weighted by Crippen LogP contribution is 2.28. The second-order valence-electron chi connectivity index (χ2n) is 5.43. The molecule has 2 aromatic rings. The fourth-order valence-electron chi connectivity index (χ4n) is 2.29. The minimum atomic E-state index is -1.82.